The van der Waals surface area contributed by atoms with Crippen molar-refractivity contribution in [2.45, 2.75) is 19.3 Å². The number of rotatable bonds is 5. The van der Waals surface area contributed by atoms with Crippen LogP contribution in [0.1, 0.15) is 35.2 Å². The molecule has 1 unspecified atom stereocenters. The monoisotopic (exact) mass is 336 g/mol. The Morgan fingerprint density at radius 2 is 1.70 bits per heavy atom. The highest BCUT2D eigenvalue weighted by molar-refractivity contribution is 7.60. The van der Waals surface area contributed by atoms with E-state index in [1.807, 2.05) is 0 Å². The quantitative estimate of drug-likeness (QED) is 0.492. The van der Waals surface area contributed by atoms with E-state index in [9.17, 15) is 29.4 Å². The van der Waals surface area contributed by atoms with Crippen LogP contribution in [0.25, 0.3) is 0 Å². The summed E-state index contributed by atoms with van der Waals surface area (Å²) < 4.78 is 11.5. The molecule has 122 valence electrons. The van der Waals surface area contributed by atoms with Crippen molar-refractivity contribution in [1.29, 1.82) is 0 Å². The van der Waals surface area contributed by atoms with Gasteiger partial charge in [0.1, 0.15) is 11.5 Å². The second kappa shape index (κ2) is 6.54. The van der Waals surface area contributed by atoms with Crippen molar-refractivity contribution in [3.8, 4) is 11.5 Å². The van der Waals surface area contributed by atoms with Gasteiger partial charge < -0.3 is 20.0 Å². The molecule has 2 aromatic rings. The number of phenols is 2. The molecule has 0 amide bonds. The van der Waals surface area contributed by atoms with Crippen LogP contribution >= 0.6 is 7.60 Å². The Labute approximate surface area is 133 Å². The Morgan fingerprint density at radius 3 is 2.26 bits per heavy atom. The van der Waals surface area contributed by atoms with Gasteiger partial charge in [-0.2, -0.15) is 0 Å². The van der Waals surface area contributed by atoms with Crippen molar-refractivity contribution in [2.75, 3.05) is 0 Å². The lowest BCUT2D eigenvalue weighted by Crippen LogP contribution is -2.17. The van der Waals surface area contributed by atoms with Crippen molar-refractivity contribution in [3.05, 3.63) is 53.6 Å². The summed E-state index contributed by atoms with van der Waals surface area (Å²) in [5, 5.41) is 18.6. The highest BCUT2D eigenvalue weighted by Gasteiger charge is 2.28. The lowest BCUT2D eigenvalue weighted by molar-refractivity contribution is 0.0973. The van der Waals surface area contributed by atoms with Crippen molar-refractivity contribution in [3.63, 3.8) is 0 Å². The van der Waals surface area contributed by atoms with Gasteiger partial charge in [0.05, 0.1) is 10.9 Å². The van der Waals surface area contributed by atoms with Crippen LogP contribution in [0.4, 0.5) is 0 Å². The maximum absolute atomic E-state index is 12.4. The number of aromatic hydroxyl groups is 2. The molecule has 0 saturated carbocycles. The minimum Gasteiger partial charge on any atom is -0.508 e. The second-order valence-electron chi connectivity index (χ2n) is 5.34. The SMILES string of the molecule is CC(CC(=O)c1c(O)cccc1P(=O)(O)O)c1ccc(O)cc1. The van der Waals surface area contributed by atoms with E-state index in [0.717, 1.165) is 11.6 Å². The topological polar surface area (TPSA) is 115 Å². The molecule has 0 aliphatic rings. The Hall–Kier alpha value is -2.14. The lowest BCUT2D eigenvalue weighted by atomic mass is 9.93. The molecule has 6 nitrogen and oxygen atoms in total. The fourth-order valence-corrected chi connectivity index (χ4v) is 3.17. The number of carbonyl (C=O) groups is 1. The van der Waals surface area contributed by atoms with E-state index in [1.165, 1.54) is 24.3 Å². The van der Waals surface area contributed by atoms with Crippen LogP contribution in [0.2, 0.25) is 0 Å². The first-order valence-corrected chi connectivity index (χ1v) is 8.51. The maximum atomic E-state index is 12.4. The predicted molar refractivity (Wildman–Crippen MR) is 85.3 cm³/mol. The average Bonchev–Trinajstić information content (AvgIpc) is 2.46. The van der Waals surface area contributed by atoms with Gasteiger partial charge in [-0.25, -0.2) is 0 Å². The van der Waals surface area contributed by atoms with Crippen LogP contribution in [0, 0.1) is 0 Å². The van der Waals surface area contributed by atoms with Gasteiger partial charge in [0.2, 0.25) is 0 Å². The lowest BCUT2D eigenvalue weighted by Gasteiger charge is -2.15. The number of hydrogen-bond donors (Lipinski definition) is 4. The van der Waals surface area contributed by atoms with Crippen molar-refractivity contribution < 1.29 is 29.4 Å². The molecule has 4 N–H and O–H groups in total. The van der Waals surface area contributed by atoms with E-state index in [4.69, 9.17) is 0 Å². The highest BCUT2D eigenvalue weighted by Crippen LogP contribution is 2.38. The fraction of sp³-hybridized carbons (Fsp3) is 0.188. The van der Waals surface area contributed by atoms with E-state index in [-0.39, 0.29) is 23.7 Å². The Kier molecular flexibility index (Phi) is 4.90. The summed E-state index contributed by atoms with van der Waals surface area (Å²) in [5.41, 5.74) is 0.454. The Balaban J connectivity index is 2.31. The van der Waals surface area contributed by atoms with Gasteiger partial charge in [-0.05, 0) is 35.7 Å². The number of phenolic OH excluding ortho intramolecular Hbond substituents is 2. The molecule has 2 rings (SSSR count). The summed E-state index contributed by atoms with van der Waals surface area (Å²) >= 11 is 0. The van der Waals surface area contributed by atoms with Crippen LogP contribution in [0.3, 0.4) is 0 Å². The number of hydrogen-bond acceptors (Lipinski definition) is 4. The van der Waals surface area contributed by atoms with Gasteiger partial charge in [-0.15, -0.1) is 0 Å². The summed E-state index contributed by atoms with van der Waals surface area (Å²) in [5.74, 6) is -1.14. The predicted octanol–water partition coefficient (Wildman–Crippen LogP) is 2.28. The largest absolute Gasteiger partial charge is 0.508 e. The first-order valence-electron chi connectivity index (χ1n) is 6.90. The minimum atomic E-state index is -4.67. The molecule has 7 heteroatoms. The number of Topliss-reactive ketones (excluding diaryl/α,β-unsaturated/α-hetero) is 1. The van der Waals surface area contributed by atoms with E-state index in [0.29, 0.717) is 0 Å². The number of ketones is 1. The van der Waals surface area contributed by atoms with E-state index < -0.39 is 24.4 Å². The molecule has 23 heavy (non-hydrogen) atoms. The molecule has 0 spiro atoms. The van der Waals surface area contributed by atoms with Gasteiger partial charge in [0.25, 0.3) is 0 Å². The van der Waals surface area contributed by atoms with E-state index in [1.54, 1.807) is 19.1 Å². The minimum absolute atomic E-state index is 0.0324. The second-order valence-corrected chi connectivity index (χ2v) is 6.91. The van der Waals surface area contributed by atoms with E-state index >= 15 is 0 Å². The van der Waals surface area contributed by atoms with E-state index in [2.05, 4.69) is 0 Å². The summed E-state index contributed by atoms with van der Waals surface area (Å²) in [6.07, 6.45) is -0.0324. The van der Waals surface area contributed by atoms with Crippen LogP contribution in [0.15, 0.2) is 42.5 Å². The standard InChI is InChI=1S/C16H17O6P/c1-10(11-5-7-12(17)8-6-11)9-14(19)16-13(18)3-2-4-15(16)23(20,21)22/h2-8,10,17-18H,9H2,1H3,(H2,20,21,22). The van der Waals surface area contributed by atoms with Gasteiger partial charge in [0.15, 0.2) is 5.78 Å². The van der Waals surface area contributed by atoms with Gasteiger partial charge in [0, 0.05) is 6.42 Å². The average molecular weight is 336 g/mol. The molecule has 0 aliphatic heterocycles. The van der Waals surface area contributed by atoms with Crippen LogP contribution in [0.5, 0.6) is 11.5 Å². The molecule has 0 heterocycles. The Bertz CT molecular complexity index is 763. The summed E-state index contributed by atoms with van der Waals surface area (Å²) in [6.45, 7) is 1.78. The molecule has 0 aromatic heterocycles. The van der Waals surface area contributed by atoms with Crippen molar-refractivity contribution >= 4 is 18.7 Å². The first kappa shape index (κ1) is 17.2. The summed E-state index contributed by atoms with van der Waals surface area (Å²) in [4.78, 5) is 31.1. The summed E-state index contributed by atoms with van der Waals surface area (Å²) in [7, 11) is -4.67. The van der Waals surface area contributed by atoms with Crippen LogP contribution in [-0.4, -0.2) is 25.8 Å². The number of benzene rings is 2. The molecule has 1 atom stereocenters. The zero-order chi connectivity index (χ0) is 17.2. The molecule has 0 bridgehead atoms. The Morgan fingerprint density at radius 1 is 1.09 bits per heavy atom. The third-order valence-electron chi connectivity index (χ3n) is 3.57. The number of carbonyl (C=O) groups excluding carboxylic acids is 1. The van der Waals surface area contributed by atoms with Crippen LogP contribution in [-0.2, 0) is 4.57 Å². The van der Waals surface area contributed by atoms with Gasteiger partial charge >= 0.3 is 7.60 Å². The fourth-order valence-electron chi connectivity index (χ4n) is 2.36. The highest BCUT2D eigenvalue weighted by atomic mass is 31.2. The van der Waals surface area contributed by atoms with Crippen molar-refractivity contribution in [2.24, 2.45) is 0 Å². The third kappa shape index (κ3) is 3.99. The summed E-state index contributed by atoms with van der Waals surface area (Å²) in [6, 6.07) is 9.97. The molecule has 0 aliphatic carbocycles. The van der Waals surface area contributed by atoms with Gasteiger partial charge in [-0.3, -0.25) is 9.36 Å². The zero-order valence-corrected chi connectivity index (χ0v) is 13.3. The first-order chi connectivity index (χ1) is 10.7. The molecule has 0 fully saturated rings. The van der Waals surface area contributed by atoms with Crippen molar-refractivity contribution in [1.82, 2.24) is 0 Å². The molecular weight excluding hydrogens is 319 g/mol. The zero-order valence-electron chi connectivity index (χ0n) is 12.4. The van der Waals surface area contributed by atoms with Crippen LogP contribution < -0.4 is 5.30 Å². The molecule has 0 saturated heterocycles. The molecule has 2 aromatic carbocycles. The normalized spacial score (nSPS) is 12.8. The molecular formula is C16H17O6P. The maximum Gasteiger partial charge on any atom is 0.357 e. The third-order valence-corrected chi connectivity index (χ3v) is 4.57. The smallest absolute Gasteiger partial charge is 0.357 e. The molecule has 0 radical (unpaired) electrons. The van der Waals surface area contributed by atoms with Gasteiger partial charge in [-0.1, -0.05) is 25.1 Å².